The molecule has 180 valence electrons. The van der Waals surface area contributed by atoms with Crippen LogP contribution in [0.5, 0.6) is 0 Å². The molecule has 0 aliphatic rings. The monoisotopic (exact) mass is 447 g/mol. The molecule has 0 bridgehead atoms. The second-order valence-electron chi connectivity index (χ2n) is 8.15. The first-order valence-electron chi connectivity index (χ1n) is 12.6. The first kappa shape index (κ1) is 29.7. The maximum atomic E-state index is 9.79. The van der Waals surface area contributed by atoms with Gasteiger partial charge in [0.2, 0.25) is 0 Å². The molecule has 0 heterocycles. The lowest BCUT2D eigenvalue weighted by molar-refractivity contribution is -0.483. The largest absolute Gasteiger partial charge is 0.334 e. The Balaban J connectivity index is 2.98. The summed E-state index contributed by atoms with van der Waals surface area (Å²) in [5.41, 5.74) is 0. The van der Waals surface area contributed by atoms with E-state index in [1.165, 1.54) is 121 Å². The van der Waals surface area contributed by atoms with E-state index in [1.54, 1.807) is 0 Å². The highest BCUT2D eigenvalue weighted by molar-refractivity contribution is 7.99. The second kappa shape index (κ2) is 28.7. The van der Waals surface area contributed by atoms with Gasteiger partial charge in [-0.1, -0.05) is 116 Å². The fourth-order valence-corrected chi connectivity index (χ4v) is 4.43. The molecule has 6 heteroatoms. The van der Waals surface area contributed by atoms with Gasteiger partial charge in [0, 0.05) is 12.3 Å². The molecular formula is C24H49NO4S. The Morgan fingerprint density at radius 2 is 1.13 bits per heavy atom. The Morgan fingerprint density at radius 1 is 0.667 bits per heavy atom. The number of rotatable bonds is 27. The molecule has 0 atom stereocenters. The van der Waals surface area contributed by atoms with Gasteiger partial charge in [0.05, 0.1) is 0 Å². The third kappa shape index (κ3) is 27.7. The smallest absolute Gasteiger partial charge is 0.291 e. The topological polar surface area (TPSA) is 56.8 Å². The molecule has 0 aliphatic carbocycles. The summed E-state index contributed by atoms with van der Waals surface area (Å²) in [5, 5.41) is 7.14. The van der Waals surface area contributed by atoms with Crippen LogP contribution in [0.3, 0.4) is 0 Å². The summed E-state index contributed by atoms with van der Waals surface area (Å²) in [6.07, 6.45) is 25.6. The van der Waals surface area contributed by atoms with Gasteiger partial charge in [-0.15, -0.1) is 0 Å². The van der Waals surface area contributed by atoms with Crippen molar-refractivity contribution in [2.45, 2.75) is 122 Å². The molecule has 0 saturated heterocycles. The van der Waals surface area contributed by atoms with Gasteiger partial charge in [-0.05, 0) is 17.2 Å². The van der Waals surface area contributed by atoms with Crippen molar-refractivity contribution in [1.29, 1.82) is 0 Å². The Morgan fingerprint density at radius 3 is 1.60 bits per heavy atom. The van der Waals surface area contributed by atoms with Crippen molar-refractivity contribution in [1.82, 2.24) is 5.32 Å². The van der Waals surface area contributed by atoms with Crippen LogP contribution in [0, 0.1) is 0 Å². The van der Waals surface area contributed by atoms with Gasteiger partial charge in [0.15, 0.2) is 0 Å². The molecule has 0 amide bonds. The molecule has 0 aromatic rings. The van der Waals surface area contributed by atoms with E-state index in [9.17, 15) is 4.79 Å². The Labute approximate surface area is 190 Å². The summed E-state index contributed by atoms with van der Waals surface area (Å²) in [7, 11) is 0. The van der Waals surface area contributed by atoms with Crippen molar-refractivity contribution >= 4 is 18.2 Å². The molecule has 0 saturated carbocycles. The van der Waals surface area contributed by atoms with Gasteiger partial charge in [-0.2, -0.15) is 16.6 Å². The highest BCUT2D eigenvalue weighted by Crippen LogP contribution is 2.14. The number of nitrogens with one attached hydrogen (secondary N) is 1. The normalized spacial score (nSPS) is 11.1. The second-order valence-corrected chi connectivity index (χ2v) is 9.37. The van der Waals surface area contributed by atoms with Crippen molar-refractivity contribution in [3.8, 4) is 0 Å². The van der Waals surface area contributed by atoms with Gasteiger partial charge >= 0.3 is 6.47 Å². The van der Waals surface area contributed by atoms with Crippen molar-refractivity contribution in [3.63, 3.8) is 0 Å². The zero-order chi connectivity index (χ0) is 21.8. The third-order valence-corrected chi connectivity index (χ3v) is 6.42. The molecule has 0 aromatic carbocycles. The van der Waals surface area contributed by atoms with Crippen LogP contribution in [-0.4, -0.2) is 31.3 Å². The van der Waals surface area contributed by atoms with E-state index in [0.29, 0.717) is 0 Å². The van der Waals surface area contributed by atoms with Crippen molar-refractivity contribution < 1.29 is 19.6 Å². The molecule has 1 N–H and O–H groups in total. The van der Waals surface area contributed by atoms with E-state index in [1.807, 2.05) is 11.8 Å². The van der Waals surface area contributed by atoms with E-state index in [-0.39, 0.29) is 13.2 Å². The van der Waals surface area contributed by atoms with Gasteiger partial charge in [0.25, 0.3) is 0 Å². The number of hydrogen-bond donors (Lipinski definition) is 1. The summed E-state index contributed by atoms with van der Waals surface area (Å²) >= 11 is 1.96. The molecule has 0 fully saturated rings. The van der Waals surface area contributed by atoms with Crippen LogP contribution >= 0.6 is 11.8 Å². The van der Waals surface area contributed by atoms with Crippen LogP contribution in [0.1, 0.15) is 122 Å². The molecule has 5 nitrogen and oxygen atoms in total. The molecule has 0 spiro atoms. The Hall–Kier alpha value is -0.300. The molecule has 0 unspecified atom stereocenters. The van der Waals surface area contributed by atoms with Crippen LogP contribution in [0.25, 0.3) is 0 Å². The maximum Gasteiger partial charge on any atom is 0.334 e. The number of unbranched alkanes of at least 4 members (excludes halogenated alkanes) is 17. The highest BCUT2D eigenvalue weighted by Gasteiger charge is 1.96. The lowest BCUT2D eigenvalue weighted by Crippen LogP contribution is -2.21. The first-order valence-corrected chi connectivity index (χ1v) is 13.7. The fraction of sp³-hybridized carbons (Fsp3) is 0.958. The number of carbonyl (C=O) groups excluding carboxylic acids is 1. The maximum absolute atomic E-state index is 9.79. The lowest BCUT2D eigenvalue weighted by atomic mass is 10.0. The van der Waals surface area contributed by atoms with Gasteiger partial charge < -0.3 is 0 Å². The minimum Gasteiger partial charge on any atom is -0.291 e. The Kier molecular flexibility index (Phi) is 28.4. The quantitative estimate of drug-likeness (QED) is 0.0467. The minimum atomic E-state index is 0.176. The van der Waals surface area contributed by atoms with Crippen LogP contribution < -0.4 is 5.32 Å². The van der Waals surface area contributed by atoms with Gasteiger partial charge in [0.1, 0.15) is 6.73 Å². The van der Waals surface area contributed by atoms with E-state index >= 15 is 0 Å². The molecular weight excluding hydrogens is 398 g/mol. The zero-order valence-electron chi connectivity index (χ0n) is 19.7. The lowest BCUT2D eigenvalue weighted by Gasteiger charge is -2.05. The van der Waals surface area contributed by atoms with Crippen LogP contribution in [0.4, 0.5) is 0 Å². The Bertz CT molecular complexity index is 322. The van der Waals surface area contributed by atoms with Crippen molar-refractivity contribution in [3.05, 3.63) is 0 Å². The molecule has 0 aliphatic heterocycles. The average molecular weight is 448 g/mol. The van der Waals surface area contributed by atoms with Crippen molar-refractivity contribution in [2.24, 2.45) is 0 Å². The first-order chi connectivity index (χ1) is 14.9. The minimum absolute atomic E-state index is 0.176. The van der Waals surface area contributed by atoms with Crippen LogP contribution in [-0.2, 0) is 19.6 Å². The van der Waals surface area contributed by atoms with Crippen LogP contribution in [0.15, 0.2) is 0 Å². The predicted molar refractivity (Wildman–Crippen MR) is 128 cm³/mol. The van der Waals surface area contributed by atoms with E-state index in [4.69, 9.17) is 0 Å². The molecule has 0 aromatic heterocycles. The number of hydrogen-bond acceptors (Lipinski definition) is 6. The summed E-state index contributed by atoms with van der Waals surface area (Å²) in [5.74, 6) is 2.28. The van der Waals surface area contributed by atoms with Crippen molar-refractivity contribution in [2.75, 3.05) is 24.8 Å². The van der Waals surface area contributed by atoms with Gasteiger partial charge in [-0.25, -0.2) is 0 Å². The molecule has 0 rings (SSSR count). The van der Waals surface area contributed by atoms with Gasteiger partial charge in [-0.3, -0.25) is 15.0 Å². The molecule has 0 radical (unpaired) electrons. The third-order valence-electron chi connectivity index (χ3n) is 5.35. The van der Waals surface area contributed by atoms with E-state index < -0.39 is 0 Å². The summed E-state index contributed by atoms with van der Waals surface area (Å²) in [4.78, 5) is 18.3. The predicted octanol–water partition coefficient (Wildman–Crippen LogP) is 7.34. The standard InChI is InChI=1S/C24H49NO4S/c1-2-3-4-5-6-7-8-9-10-11-12-13-14-15-16-17-18-19-21-30-22-20-25-23-27-29-28-24-26/h24-25H,2-23H2,1H3. The summed E-state index contributed by atoms with van der Waals surface area (Å²) < 4.78 is 0. The molecule has 30 heavy (non-hydrogen) atoms. The summed E-state index contributed by atoms with van der Waals surface area (Å²) in [6.45, 7) is 3.54. The number of thioether (sulfide) groups is 1. The van der Waals surface area contributed by atoms with E-state index in [2.05, 4.69) is 27.1 Å². The summed E-state index contributed by atoms with van der Waals surface area (Å²) in [6, 6.07) is 0. The van der Waals surface area contributed by atoms with Crippen LogP contribution in [0.2, 0.25) is 0 Å². The van der Waals surface area contributed by atoms with E-state index in [0.717, 1.165) is 12.3 Å². The number of carbonyl (C=O) groups is 1. The SMILES string of the molecule is CCCCCCCCCCCCCCCCCCCCSCCNCOOOC=O. The zero-order valence-corrected chi connectivity index (χ0v) is 20.5. The fourth-order valence-electron chi connectivity index (χ4n) is 3.53. The average Bonchev–Trinajstić information content (AvgIpc) is 2.76. The highest BCUT2D eigenvalue weighted by atomic mass is 32.2.